The van der Waals surface area contributed by atoms with Gasteiger partial charge >= 0.3 is 18.4 Å². The molecule has 1 aromatic carbocycles. The minimum Gasteiger partial charge on any atom is -0.312 e. The van der Waals surface area contributed by atoms with Gasteiger partial charge in [0.25, 0.3) is 0 Å². The van der Waals surface area contributed by atoms with Gasteiger partial charge in [-0.1, -0.05) is 32.0 Å². The van der Waals surface area contributed by atoms with Crippen molar-refractivity contribution in [2.45, 2.75) is 38.7 Å². The summed E-state index contributed by atoms with van der Waals surface area (Å²) in [7, 11) is 0. The number of nitrogens with zero attached hydrogens (tertiary/aromatic N) is 4. The van der Waals surface area contributed by atoms with Crippen LogP contribution < -0.4 is 4.90 Å². The SMILES string of the molecule is CC(C)[C@H]1CN(c2cnc(C(F)(F)F)cn2)C(=O)N1CC(=O)Cc1cccc(C(F)(F)F)c1. The number of ketones is 1. The lowest BCUT2D eigenvalue weighted by Gasteiger charge is -2.25. The molecule has 12 heteroatoms. The number of urea groups is 1. The van der Waals surface area contributed by atoms with Crippen molar-refractivity contribution >= 4 is 17.6 Å². The molecule has 33 heavy (non-hydrogen) atoms. The van der Waals surface area contributed by atoms with E-state index >= 15 is 0 Å². The van der Waals surface area contributed by atoms with Gasteiger partial charge in [-0.15, -0.1) is 0 Å². The average molecular weight is 474 g/mol. The monoisotopic (exact) mass is 474 g/mol. The third-order valence-electron chi connectivity index (χ3n) is 5.22. The second kappa shape index (κ2) is 8.99. The van der Waals surface area contributed by atoms with Gasteiger partial charge in [-0.3, -0.25) is 9.69 Å². The molecule has 0 aliphatic carbocycles. The molecule has 0 bridgehead atoms. The molecule has 0 radical (unpaired) electrons. The molecule has 2 heterocycles. The Morgan fingerprint density at radius 2 is 1.79 bits per heavy atom. The van der Waals surface area contributed by atoms with Crippen LogP contribution in [0.1, 0.15) is 30.7 Å². The molecule has 2 amide bonds. The predicted octanol–water partition coefficient (Wildman–Crippen LogP) is 4.59. The van der Waals surface area contributed by atoms with E-state index in [1.807, 2.05) is 13.8 Å². The van der Waals surface area contributed by atoms with E-state index in [0.717, 1.165) is 23.2 Å². The smallest absolute Gasteiger partial charge is 0.312 e. The summed E-state index contributed by atoms with van der Waals surface area (Å²) in [4.78, 5) is 34.9. The summed E-state index contributed by atoms with van der Waals surface area (Å²) in [6.07, 6.45) is -8.17. The summed E-state index contributed by atoms with van der Waals surface area (Å²) in [6.45, 7) is 3.34. The Balaban J connectivity index is 1.75. The van der Waals surface area contributed by atoms with Crippen molar-refractivity contribution < 1.29 is 35.9 Å². The van der Waals surface area contributed by atoms with E-state index in [-0.39, 0.29) is 36.8 Å². The van der Waals surface area contributed by atoms with Crippen LogP contribution in [0.25, 0.3) is 0 Å². The van der Waals surface area contributed by atoms with Gasteiger partial charge in [-0.2, -0.15) is 26.3 Å². The van der Waals surface area contributed by atoms with E-state index in [1.54, 1.807) is 0 Å². The summed E-state index contributed by atoms with van der Waals surface area (Å²) in [5.74, 6) is -0.678. The van der Waals surface area contributed by atoms with Gasteiger partial charge in [-0.25, -0.2) is 14.8 Å². The number of anilines is 1. The number of rotatable bonds is 6. The standard InChI is InChI=1S/C21H20F6N4O2/c1-12(2)16-11-31(18-9-28-17(8-29-18)21(25,26)27)19(33)30(16)10-15(32)7-13-4-3-5-14(6-13)20(22,23)24/h3-6,8-9,12,16H,7,10-11H2,1-2H3/t16-/m1/s1. The number of carbonyl (C=O) groups is 2. The van der Waals surface area contributed by atoms with Crippen molar-refractivity contribution in [1.82, 2.24) is 14.9 Å². The van der Waals surface area contributed by atoms with Crippen LogP contribution in [-0.2, 0) is 23.6 Å². The van der Waals surface area contributed by atoms with Crippen LogP contribution in [0, 0.1) is 5.92 Å². The molecule has 1 aliphatic rings. The molecule has 178 valence electrons. The maximum atomic E-state index is 12.9. The number of Topliss-reactive ketones (excluding diaryl/α,β-unsaturated/α-hetero) is 1. The number of hydrogen-bond acceptors (Lipinski definition) is 4. The first-order chi connectivity index (χ1) is 15.3. The van der Waals surface area contributed by atoms with Crippen molar-refractivity contribution in [2.24, 2.45) is 5.92 Å². The highest BCUT2D eigenvalue weighted by Crippen LogP contribution is 2.31. The number of aromatic nitrogens is 2. The zero-order valence-electron chi connectivity index (χ0n) is 17.6. The molecule has 1 aromatic heterocycles. The third kappa shape index (κ3) is 5.60. The van der Waals surface area contributed by atoms with E-state index in [0.29, 0.717) is 6.20 Å². The molecule has 1 atom stereocenters. The molecule has 0 spiro atoms. The molecule has 1 fully saturated rings. The van der Waals surface area contributed by atoms with Crippen molar-refractivity contribution in [1.29, 1.82) is 0 Å². The fourth-order valence-corrected chi connectivity index (χ4v) is 3.55. The fraction of sp³-hybridized carbons (Fsp3) is 0.429. The Labute approximate surface area is 185 Å². The van der Waals surface area contributed by atoms with Gasteiger partial charge in [0.05, 0.1) is 30.5 Å². The molecule has 0 saturated carbocycles. The molecule has 0 unspecified atom stereocenters. The number of alkyl halides is 6. The summed E-state index contributed by atoms with van der Waals surface area (Å²) in [5, 5.41) is 0. The largest absolute Gasteiger partial charge is 0.434 e. The topological polar surface area (TPSA) is 66.4 Å². The van der Waals surface area contributed by atoms with Crippen LogP contribution in [0.15, 0.2) is 36.7 Å². The van der Waals surface area contributed by atoms with Gasteiger partial charge in [0, 0.05) is 13.0 Å². The number of hydrogen-bond donors (Lipinski definition) is 0. The summed E-state index contributed by atoms with van der Waals surface area (Å²) in [5.41, 5.74) is -1.92. The van der Waals surface area contributed by atoms with Gasteiger partial charge in [0.15, 0.2) is 17.3 Å². The summed E-state index contributed by atoms with van der Waals surface area (Å²) < 4.78 is 76.9. The first kappa shape index (κ1) is 24.5. The number of carbonyl (C=O) groups excluding carboxylic acids is 2. The highest BCUT2D eigenvalue weighted by Gasteiger charge is 2.41. The maximum absolute atomic E-state index is 12.9. The van der Waals surface area contributed by atoms with Crippen LogP contribution in [0.5, 0.6) is 0 Å². The molecule has 1 aliphatic heterocycles. The first-order valence-electron chi connectivity index (χ1n) is 9.92. The van der Waals surface area contributed by atoms with Gasteiger partial charge in [0.1, 0.15) is 0 Å². The van der Waals surface area contributed by atoms with Gasteiger partial charge in [-0.05, 0) is 17.5 Å². The number of halogens is 6. The Bertz CT molecular complexity index is 1020. The normalized spacial score (nSPS) is 17.2. The Hall–Kier alpha value is -3.18. The number of amides is 2. The van der Waals surface area contributed by atoms with E-state index < -0.39 is 41.5 Å². The lowest BCUT2D eigenvalue weighted by Crippen LogP contribution is -2.41. The first-order valence-corrected chi connectivity index (χ1v) is 9.92. The second-order valence-electron chi connectivity index (χ2n) is 8.00. The Morgan fingerprint density at radius 1 is 1.09 bits per heavy atom. The predicted molar refractivity (Wildman–Crippen MR) is 105 cm³/mol. The van der Waals surface area contributed by atoms with Crippen LogP contribution in [0.2, 0.25) is 0 Å². The van der Waals surface area contributed by atoms with E-state index in [2.05, 4.69) is 9.97 Å². The number of benzene rings is 1. The zero-order valence-corrected chi connectivity index (χ0v) is 17.6. The van der Waals surface area contributed by atoms with Crippen molar-refractivity contribution in [3.05, 3.63) is 53.5 Å². The summed E-state index contributed by atoms with van der Waals surface area (Å²) in [6, 6.07) is 3.29. The quantitative estimate of drug-likeness (QED) is 0.575. The molecule has 0 N–H and O–H groups in total. The zero-order chi connectivity index (χ0) is 24.6. The molecule has 6 nitrogen and oxygen atoms in total. The van der Waals surface area contributed by atoms with Crippen LogP contribution >= 0.6 is 0 Å². The van der Waals surface area contributed by atoms with Crippen molar-refractivity contribution in [2.75, 3.05) is 18.0 Å². The Morgan fingerprint density at radius 3 is 2.33 bits per heavy atom. The molecular weight excluding hydrogens is 454 g/mol. The lowest BCUT2D eigenvalue weighted by molar-refractivity contribution is -0.141. The van der Waals surface area contributed by atoms with E-state index in [9.17, 15) is 35.9 Å². The second-order valence-corrected chi connectivity index (χ2v) is 8.00. The van der Waals surface area contributed by atoms with Crippen molar-refractivity contribution in [3.8, 4) is 0 Å². The molecule has 2 aromatic rings. The van der Waals surface area contributed by atoms with Crippen LogP contribution in [0.4, 0.5) is 37.0 Å². The maximum Gasteiger partial charge on any atom is 0.434 e. The molecule has 3 rings (SSSR count). The van der Waals surface area contributed by atoms with Crippen molar-refractivity contribution in [3.63, 3.8) is 0 Å². The highest BCUT2D eigenvalue weighted by molar-refractivity contribution is 5.96. The minimum atomic E-state index is -4.68. The lowest BCUT2D eigenvalue weighted by atomic mass is 10.0. The van der Waals surface area contributed by atoms with Crippen LogP contribution in [-0.4, -0.2) is 45.8 Å². The molecular formula is C21H20F6N4O2. The van der Waals surface area contributed by atoms with Gasteiger partial charge < -0.3 is 4.90 Å². The molecule has 1 saturated heterocycles. The van der Waals surface area contributed by atoms with Crippen LogP contribution in [0.3, 0.4) is 0 Å². The fourth-order valence-electron chi connectivity index (χ4n) is 3.55. The summed E-state index contributed by atoms with van der Waals surface area (Å²) >= 11 is 0. The average Bonchev–Trinajstić information content (AvgIpc) is 3.03. The van der Waals surface area contributed by atoms with Gasteiger partial charge in [0.2, 0.25) is 0 Å². The van der Waals surface area contributed by atoms with E-state index in [4.69, 9.17) is 0 Å². The third-order valence-corrected chi connectivity index (χ3v) is 5.22. The minimum absolute atomic E-state index is 0.0768. The Kier molecular flexibility index (Phi) is 6.66. The van der Waals surface area contributed by atoms with E-state index in [1.165, 1.54) is 17.0 Å². The highest BCUT2D eigenvalue weighted by atomic mass is 19.4.